The molecule has 3 aliphatic heterocycles. The molecule has 8 aliphatic rings. The van der Waals surface area contributed by atoms with E-state index < -0.39 is 12.4 Å². The highest BCUT2D eigenvalue weighted by Crippen LogP contribution is 2.76. The van der Waals surface area contributed by atoms with Gasteiger partial charge in [0.25, 0.3) is 0 Å². The van der Waals surface area contributed by atoms with Crippen LogP contribution in [0.2, 0.25) is 0 Å². The lowest BCUT2D eigenvalue weighted by Gasteiger charge is -2.72. The SMILES string of the molecule is CCC1O[C@@H](OC2[C@H](O[C@H]3CCC4(C)C5CCC6C7CC(C)(C)CC[C@]7(C=O)CC[C@@]6(C)[C@@]5(C)CC[C@H]4C3C)OC(C)[C@H](C)[C@@H]2O[C@@H]2OC[C@H](C)[C@H](C)C2C)C(C)[C@@H](C)[C@H]1C. The normalized spacial score (nSPS) is 57.2. The third-order valence-electron chi connectivity index (χ3n) is 22.2. The van der Waals surface area contributed by atoms with E-state index in [0.29, 0.717) is 65.3 Å². The number of ether oxygens (including phenoxy) is 6. The Kier molecular flexibility index (Phi) is 13.0. The lowest BCUT2D eigenvalue weighted by Crippen LogP contribution is -2.66. The summed E-state index contributed by atoms with van der Waals surface area (Å²) in [6.07, 6.45) is 13.8. The monoisotopic (exact) mass is 853 g/mol. The molecule has 3 heterocycles. The zero-order valence-corrected chi connectivity index (χ0v) is 41.7. The molecular weight excluding hydrogens is 761 g/mol. The van der Waals surface area contributed by atoms with Crippen molar-refractivity contribution in [3.63, 3.8) is 0 Å². The molecule has 0 amide bonds. The van der Waals surface area contributed by atoms with Gasteiger partial charge in [0.1, 0.15) is 12.4 Å². The number of hydrogen-bond acceptors (Lipinski definition) is 7. The maximum atomic E-state index is 13.0. The van der Waals surface area contributed by atoms with Gasteiger partial charge in [-0.15, -0.1) is 0 Å². The van der Waals surface area contributed by atoms with Crippen molar-refractivity contribution in [3.8, 4) is 0 Å². The van der Waals surface area contributed by atoms with Gasteiger partial charge in [0.05, 0.1) is 31.0 Å². The molecule has 61 heavy (non-hydrogen) atoms. The Hall–Kier alpha value is -0.570. The van der Waals surface area contributed by atoms with Gasteiger partial charge in [-0.25, -0.2) is 0 Å². The second-order valence-corrected chi connectivity index (χ2v) is 25.3. The highest BCUT2D eigenvalue weighted by Gasteiger charge is 2.69. The van der Waals surface area contributed by atoms with Crippen LogP contribution in [0.3, 0.4) is 0 Å². The smallest absolute Gasteiger partial charge is 0.187 e. The zero-order chi connectivity index (χ0) is 44.2. The number of aldehydes is 1. The Morgan fingerprint density at radius 2 is 1.26 bits per heavy atom. The number of hydrogen-bond donors (Lipinski definition) is 0. The molecule has 0 N–H and O–H groups in total. The van der Waals surface area contributed by atoms with Gasteiger partial charge in [-0.3, -0.25) is 0 Å². The van der Waals surface area contributed by atoms with Crippen LogP contribution in [0, 0.1) is 98.1 Å². The lowest BCUT2D eigenvalue weighted by atomic mass is 9.32. The van der Waals surface area contributed by atoms with Crippen molar-refractivity contribution in [3.05, 3.63) is 0 Å². The minimum atomic E-state index is -0.558. The zero-order valence-electron chi connectivity index (χ0n) is 41.7. The molecule has 0 aromatic rings. The van der Waals surface area contributed by atoms with Crippen LogP contribution < -0.4 is 0 Å². The second-order valence-electron chi connectivity index (χ2n) is 25.3. The standard InChI is InChI=1S/C54H92O7/c1-16-42-33(5)32(4)35(7)48(58-42)61-46-45(60-47-34(6)31(3)30(2)28-56-47)36(8)38(10)57-49(46)59-43-20-21-51(13)39(37(43)9)19-22-53(15)44(51)18-17-40-41-27-50(11,12)23-25-54(41,29-55)26-24-52(40,53)14/h29-49H,16-28H2,1-15H3/t30-,31-,32-,33+,34?,35?,36-,37?,38?,39-,40?,41?,42?,43-,44?,45-,46?,47-,48-,49-,51?,52+,53-,54+/m0/s1. The van der Waals surface area contributed by atoms with E-state index in [4.69, 9.17) is 28.4 Å². The molecule has 7 nitrogen and oxygen atoms in total. The molecule has 10 unspecified atom stereocenters. The number of rotatable bonds is 8. The minimum absolute atomic E-state index is 0.0595. The number of fused-ring (bicyclic) bond motifs is 7. The Labute approximate surface area is 373 Å². The Bertz CT molecular complexity index is 1550. The van der Waals surface area contributed by atoms with Gasteiger partial charge in [0.15, 0.2) is 18.9 Å². The highest BCUT2D eigenvalue weighted by atomic mass is 16.8. The van der Waals surface area contributed by atoms with Crippen molar-refractivity contribution in [2.45, 2.75) is 230 Å². The van der Waals surface area contributed by atoms with Gasteiger partial charge in [-0.2, -0.15) is 0 Å². The van der Waals surface area contributed by atoms with E-state index in [1.807, 2.05) is 0 Å². The summed E-state index contributed by atoms with van der Waals surface area (Å²) in [4.78, 5) is 13.0. The van der Waals surface area contributed by atoms with Gasteiger partial charge in [0.2, 0.25) is 0 Å². The first-order valence-corrected chi connectivity index (χ1v) is 26.0. The van der Waals surface area contributed by atoms with Crippen molar-refractivity contribution in [2.75, 3.05) is 6.61 Å². The van der Waals surface area contributed by atoms with Crippen LogP contribution in [0.1, 0.15) is 181 Å². The molecule has 350 valence electrons. The van der Waals surface area contributed by atoms with Gasteiger partial charge in [-0.1, -0.05) is 96.9 Å². The molecule has 0 spiro atoms. The molecule has 7 heteroatoms. The third kappa shape index (κ3) is 7.62. The summed E-state index contributed by atoms with van der Waals surface area (Å²) in [6.45, 7) is 36.9. The predicted octanol–water partition coefficient (Wildman–Crippen LogP) is 12.5. The van der Waals surface area contributed by atoms with E-state index in [-0.39, 0.29) is 76.4 Å². The highest BCUT2D eigenvalue weighted by molar-refractivity contribution is 5.61. The molecule has 3 saturated heterocycles. The summed E-state index contributed by atoms with van der Waals surface area (Å²) >= 11 is 0. The van der Waals surface area contributed by atoms with Crippen molar-refractivity contribution >= 4 is 6.29 Å². The molecule has 5 saturated carbocycles. The number of carbonyl (C=O) groups is 1. The maximum absolute atomic E-state index is 13.0. The summed E-state index contributed by atoms with van der Waals surface area (Å²) in [5, 5.41) is 0. The fourth-order valence-corrected chi connectivity index (χ4v) is 16.7. The molecule has 8 rings (SSSR count). The van der Waals surface area contributed by atoms with Crippen LogP contribution in [0.15, 0.2) is 0 Å². The first-order chi connectivity index (χ1) is 28.6. The third-order valence-corrected chi connectivity index (χ3v) is 22.2. The van der Waals surface area contributed by atoms with Crippen molar-refractivity contribution in [2.24, 2.45) is 98.1 Å². The largest absolute Gasteiger partial charge is 0.352 e. The van der Waals surface area contributed by atoms with Crippen LogP contribution in [0.5, 0.6) is 0 Å². The topological polar surface area (TPSA) is 72.5 Å². The summed E-state index contributed by atoms with van der Waals surface area (Å²) in [5.41, 5.74) is 1.05. The van der Waals surface area contributed by atoms with Gasteiger partial charge >= 0.3 is 0 Å². The van der Waals surface area contributed by atoms with Crippen LogP contribution in [0.4, 0.5) is 0 Å². The Morgan fingerprint density at radius 3 is 1.97 bits per heavy atom. The maximum Gasteiger partial charge on any atom is 0.187 e. The fourth-order valence-electron chi connectivity index (χ4n) is 16.7. The van der Waals surface area contributed by atoms with E-state index in [9.17, 15) is 4.79 Å². The van der Waals surface area contributed by atoms with E-state index >= 15 is 0 Å². The molecule has 0 bridgehead atoms. The molecule has 8 fully saturated rings. The first-order valence-electron chi connectivity index (χ1n) is 26.0. The molecule has 5 aliphatic carbocycles. The lowest BCUT2D eigenvalue weighted by molar-refractivity contribution is -0.374. The van der Waals surface area contributed by atoms with E-state index in [1.54, 1.807) is 0 Å². The first kappa shape index (κ1) is 46.9. The Balaban J connectivity index is 1.04. The molecule has 0 aromatic heterocycles. The number of carbonyl (C=O) groups excluding carboxylic acids is 1. The summed E-state index contributed by atoms with van der Waals surface area (Å²) < 4.78 is 42.3. The van der Waals surface area contributed by atoms with Crippen LogP contribution in [-0.2, 0) is 33.2 Å². The molecule has 24 atom stereocenters. The van der Waals surface area contributed by atoms with Gasteiger partial charge < -0.3 is 33.2 Å². The fraction of sp³-hybridized carbons (Fsp3) is 0.981. The van der Waals surface area contributed by atoms with Gasteiger partial charge in [-0.05, 0) is 159 Å². The summed E-state index contributed by atoms with van der Waals surface area (Å²) in [5.74, 6) is 5.38. The van der Waals surface area contributed by atoms with E-state index in [0.717, 1.165) is 25.7 Å². The van der Waals surface area contributed by atoms with Gasteiger partial charge in [0, 0.05) is 23.2 Å². The summed E-state index contributed by atoms with van der Waals surface area (Å²) in [7, 11) is 0. The van der Waals surface area contributed by atoms with E-state index in [2.05, 4.69) is 104 Å². The minimum Gasteiger partial charge on any atom is -0.352 e. The van der Waals surface area contributed by atoms with Crippen LogP contribution >= 0.6 is 0 Å². The molecule has 0 aromatic carbocycles. The summed E-state index contributed by atoms with van der Waals surface area (Å²) in [6, 6.07) is 0. The second kappa shape index (κ2) is 16.9. The van der Waals surface area contributed by atoms with E-state index in [1.165, 1.54) is 57.7 Å². The average molecular weight is 853 g/mol. The quantitative estimate of drug-likeness (QED) is 0.178. The Morgan fingerprint density at radius 1 is 0.574 bits per heavy atom. The van der Waals surface area contributed by atoms with Crippen LogP contribution in [0.25, 0.3) is 0 Å². The van der Waals surface area contributed by atoms with Crippen molar-refractivity contribution < 1.29 is 33.2 Å². The van der Waals surface area contributed by atoms with Crippen molar-refractivity contribution in [1.82, 2.24) is 0 Å². The van der Waals surface area contributed by atoms with Crippen molar-refractivity contribution in [1.29, 1.82) is 0 Å². The van der Waals surface area contributed by atoms with Crippen LogP contribution in [-0.4, -0.2) is 62.3 Å². The average Bonchev–Trinajstić information content (AvgIpc) is 3.22. The molecule has 0 radical (unpaired) electrons. The predicted molar refractivity (Wildman–Crippen MR) is 242 cm³/mol. The molecular formula is C54H92O7.